The number of nitrogens with one attached hydrogen (secondary N) is 2. The summed E-state index contributed by atoms with van der Waals surface area (Å²) in [4.78, 5) is 11.7. The predicted molar refractivity (Wildman–Crippen MR) is 81.0 cm³/mol. The molecular weight excluding hydrogens is 295 g/mol. The van der Waals surface area contributed by atoms with Gasteiger partial charge in [-0.1, -0.05) is 0 Å². The van der Waals surface area contributed by atoms with Crippen LogP contribution < -0.4 is 10.6 Å². The fraction of sp³-hybridized carbons (Fsp3) is 0.500. The Balaban J connectivity index is 2.73. The third kappa shape index (κ3) is 4.70. The third-order valence-electron chi connectivity index (χ3n) is 2.82. The molecular formula is C14H21FN2O3S. The summed E-state index contributed by atoms with van der Waals surface area (Å²) in [6.45, 7) is 4.66. The molecule has 0 unspecified atom stereocenters. The lowest BCUT2D eigenvalue weighted by Gasteiger charge is -2.19. The molecule has 0 aliphatic heterocycles. The Morgan fingerprint density at radius 1 is 1.19 bits per heavy atom. The van der Waals surface area contributed by atoms with Crippen LogP contribution in [-0.4, -0.2) is 32.4 Å². The molecule has 1 aromatic carbocycles. The zero-order valence-corrected chi connectivity index (χ0v) is 13.3. The average molecular weight is 316 g/mol. The predicted octanol–water partition coefficient (Wildman–Crippen LogP) is 2.74. The third-order valence-corrected chi connectivity index (χ3v) is 5.33. The van der Waals surface area contributed by atoms with Crippen molar-refractivity contribution in [3.63, 3.8) is 0 Å². The van der Waals surface area contributed by atoms with Crippen molar-refractivity contribution in [2.75, 3.05) is 18.5 Å². The van der Waals surface area contributed by atoms with Crippen molar-refractivity contribution in [1.29, 1.82) is 0 Å². The molecule has 2 amide bonds. The zero-order valence-electron chi connectivity index (χ0n) is 12.4. The molecule has 0 fully saturated rings. The summed E-state index contributed by atoms with van der Waals surface area (Å²) in [7, 11) is -3.41. The number of halogens is 1. The van der Waals surface area contributed by atoms with Crippen LogP contribution in [0.4, 0.5) is 14.9 Å². The Hall–Kier alpha value is -1.63. The number of benzene rings is 1. The quantitative estimate of drug-likeness (QED) is 0.820. The summed E-state index contributed by atoms with van der Waals surface area (Å²) < 4.78 is 35.5. The number of sulfone groups is 1. The second kappa shape index (κ2) is 6.89. The maximum atomic E-state index is 12.2. The van der Waals surface area contributed by atoms with Crippen LogP contribution in [-0.2, 0) is 9.84 Å². The van der Waals surface area contributed by atoms with Gasteiger partial charge in [0.15, 0.2) is 9.84 Å². The topological polar surface area (TPSA) is 75.3 Å². The maximum absolute atomic E-state index is 12.2. The van der Waals surface area contributed by atoms with Gasteiger partial charge in [0.05, 0.1) is 16.3 Å². The van der Waals surface area contributed by atoms with Gasteiger partial charge < -0.3 is 10.6 Å². The van der Waals surface area contributed by atoms with Crippen LogP contribution >= 0.6 is 0 Å². The number of amides is 2. The van der Waals surface area contributed by atoms with Crippen LogP contribution in [0.2, 0.25) is 0 Å². The summed E-state index contributed by atoms with van der Waals surface area (Å²) in [5.41, 5.74) is 0.473. The zero-order chi connectivity index (χ0) is 16.1. The van der Waals surface area contributed by atoms with E-state index in [1.54, 1.807) is 20.8 Å². The maximum Gasteiger partial charge on any atom is 0.319 e. The number of carbonyl (C=O) groups excluding carboxylic acids is 1. The molecule has 1 aromatic rings. The first-order valence-electron chi connectivity index (χ1n) is 6.64. The van der Waals surface area contributed by atoms with Gasteiger partial charge in [-0.05, 0) is 51.5 Å². The molecule has 0 heterocycles. The number of urea groups is 1. The monoisotopic (exact) mass is 316 g/mol. The summed E-state index contributed by atoms with van der Waals surface area (Å²) in [5.74, 6) is 0. The van der Waals surface area contributed by atoms with Gasteiger partial charge in [0.25, 0.3) is 0 Å². The van der Waals surface area contributed by atoms with E-state index >= 15 is 0 Å². The van der Waals surface area contributed by atoms with Crippen LogP contribution in [0, 0.1) is 0 Å². The molecule has 0 radical (unpaired) electrons. The standard InChI is InChI=1S/C14H21FN2O3S/c1-14(2,3)21(19,20)12-7-5-11(6-8-12)17-13(18)16-10-4-9-15/h5-8H,4,9-10H2,1-3H3,(H2,16,17,18). The van der Waals surface area contributed by atoms with Crippen LogP contribution in [0.5, 0.6) is 0 Å². The lowest BCUT2D eigenvalue weighted by Crippen LogP contribution is -2.30. The van der Waals surface area contributed by atoms with Crippen molar-refractivity contribution in [2.24, 2.45) is 0 Å². The number of hydrogen-bond donors (Lipinski definition) is 2. The lowest BCUT2D eigenvalue weighted by atomic mass is 10.3. The number of hydrogen-bond acceptors (Lipinski definition) is 3. The fourth-order valence-electron chi connectivity index (χ4n) is 1.51. The Morgan fingerprint density at radius 2 is 1.76 bits per heavy atom. The van der Waals surface area contributed by atoms with Crippen LogP contribution in [0.25, 0.3) is 0 Å². The smallest absolute Gasteiger partial charge is 0.319 e. The van der Waals surface area contributed by atoms with Gasteiger partial charge in [-0.15, -0.1) is 0 Å². The van der Waals surface area contributed by atoms with E-state index in [-0.39, 0.29) is 17.9 Å². The molecule has 21 heavy (non-hydrogen) atoms. The SMILES string of the molecule is CC(C)(C)S(=O)(=O)c1ccc(NC(=O)NCCCF)cc1. The highest BCUT2D eigenvalue weighted by atomic mass is 32.2. The molecule has 0 aliphatic rings. The number of rotatable bonds is 5. The molecule has 0 saturated carbocycles. The molecule has 0 saturated heterocycles. The molecule has 2 N–H and O–H groups in total. The van der Waals surface area contributed by atoms with Gasteiger partial charge in [-0.3, -0.25) is 4.39 Å². The normalized spacial score (nSPS) is 12.0. The van der Waals surface area contributed by atoms with E-state index in [0.29, 0.717) is 5.69 Å². The first-order chi connectivity index (χ1) is 9.68. The van der Waals surface area contributed by atoms with E-state index in [1.165, 1.54) is 24.3 Å². The molecule has 118 valence electrons. The first kappa shape index (κ1) is 17.4. The largest absolute Gasteiger partial charge is 0.338 e. The second-order valence-corrected chi connectivity index (χ2v) is 8.27. The first-order valence-corrected chi connectivity index (χ1v) is 8.12. The highest BCUT2D eigenvalue weighted by Gasteiger charge is 2.30. The Bertz CT molecular complexity index is 577. The van der Waals surface area contributed by atoms with Crippen molar-refractivity contribution in [3.8, 4) is 0 Å². The molecule has 0 aliphatic carbocycles. The van der Waals surface area contributed by atoms with Gasteiger partial charge in [0.2, 0.25) is 0 Å². The van der Waals surface area contributed by atoms with Gasteiger partial charge in [0, 0.05) is 12.2 Å². The minimum Gasteiger partial charge on any atom is -0.338 e. The summed E-state index contributed by atoms with van der Waals surface area (Å²) in [6, 6.07) is 5.51. The van der Waals surface area contributed by atoms with Crippen LogP contribution in [0.3, 0.4) is 0 Å². The van der Waals surface area contributed by atoms with Crippen LogP contribution in [0.1, 0.15) is 27.2 Å². The molecule has 5 nitrogen and oxygen atoms in total. The average Bonchev–Trinajstić information content (AvgIpc) is 2.38. The fourth-order valence-corrected chi connectivity index (χ4v) is 2.72. The van der Waals surface area contributed by atoms with Crippen molar-refractivity contribution in [1.82, 2.24) is 5.32 Å². The minimum atomic E-state index is -3.41. The highest BCUT2D eigenvalue weighted by molar-refractivity contribution is 7.92. The van der Waals surface area contributed by atoms with Gasteiger partial charge in [-0.2, -0.15) is 0 Å². The van der Waals surface area contributed by atoms with Crippen molar-refractivity contribution < 1.29 is 17.6 Å². The van der Waals surface area contributed by atoms with E-state index < -0.39 is 27.3 Å². The van der Waals surface area contributed by atoms with E-state index in [4.69, 9.17) is 0 Å². The van der Waals surface area contributed by atoms with E-state index in [2.05, 4.69) is 10.6 Å². The van der Waals surface area contributed by atoms with Crippen molar-refractivity contribution >= 4 is 21.6 Å². The number of alkyl halides is 1. The molecule has 0 spiro atoms. The molecule has 7 heteroatoms. The number of carbonyl (C=O) groups is 1. The molecule has 0 bridgehead atoms. The van der Waals surface area contributed by atoms with Gasteiger partial charge in [-0.25, -0.2) is 13.2 Å². The molecule has 0 aromatic heterocycles. The van der Waals surface area contributed by atoms with Crippen LogP contribution in [0.15, 0.2) is 29.2 Å². The van der Waals surface area contributed by atoms with E-state index in [0.717, 1.165) is 0 Å². The van der Waals surface area contributed by atoms with Crippen molar-refractivity contribution in [2.45, 2.75) is 36.8 Å². The Kier molecular flexibility index (Phi) is 5.71. The number of anilines is 1. The molecule has 0 atom stereocenters. The van der Waals surface area contributed by atoms with Gasteiger partial charge >= 0.3 is 6.03 Å². The summed E-state index contributed by atoms with van der Waals surface area (Å²) in [6.07, 6.45) is 0.260. The second-order valence-electron chi connectivity index (χ2n) is 5.56. The molecule has 1 rings (SSSR count). The minimum absolute atomic E-state index is 0.207. The lowest BCUT2D eigenvalue weighted by molar-refractivity contribution is 0.251. The van der Waals surface area contributed by atoms with E-state index in [1.807, 2.05) is 0 Å². The highest BCUT2D eigenvalue weighted by Crippen LogP contribution is 2.25. The van der Waals surface area contributed by atoms with Gasteiger partial charge in [0.1, 0.15) is 0 Å². The Labute approximate surface area is 124 Å². The Morgan fingerprint density at radius 3 is 2.24 bits per heavy atom. The summed E-state index contributed by atoms with van der Waals surface area (Å²) in [5, 5.41) is 5.04. The van der Waals surface area contributed by atoms with Crippen molar-refractivity contribution in [3.05, 3.63) is 24.3 Å². The summed E-state index contributed by atoms with van der Waals surface area (Å²) >= 11 is 0. The van der Waals surface area contributed by atoms with E-state index in [9.17, 15) is 17.6 Å².